The van der Waals surface area contributed by atoms with Crippen LogP contribution in [0, 0.1) is 0 Å². The van der Waals surface area contributed by atoms with Crippen molar-refractivity contribution < 1.29 is 4.21 Å². The van der Waals surface area contributed by atoms with E-state index in [2.05, 4.69) is 19.2 Å². The van der Waals surface area contributed by atoms with Gasteiger partial charge >= 0.3 is 0 Å². The van der Waals surface area contributed by atoms with Crippen LogP contribution in [0.1, 0.15) is 33.1 Å². The highest BCUT2D eigenvalue weighted by atomic mass is 32.2. The van der Waals surface area contributed by atoms with E-state index < -0.39 is 10.8 Å². The number of hydrogen-bond acceptors (Lipinski definition) is 2. The third kappa shape index (κ3) is 5.72. The number of hydrogen-bond donors (Lipinski definition) is 1. The van der Waals surface area contributed by atoms with Crippen molar-refractivity contribution >= 4 is 10.8 Å². The largest absolute Gasteiger partial charge is 0.316 e. The van der Waals surface area contributed by atoms with Crippen LogP contribution in [0.4, 0.5) is 0 Å². The van der Waals surface area contributed by atoms with Gasteiger partial charge in [-0.05, 0) is 19.9 Å². The zero-order valence-corrected chi connectivity index (χ0v) is 9.25. The second-order valence-corrected chi connectivity index (χ2v) is 4.68. The molecule has 0 aliphatic carbocycles. The molecule has 0 fully saturated rings. The lowest BCUT2D eigenvalue weighted by atomic mass is 10.3. The van der Waals surface area contributed by atoms with Crippen molar-refractivity contribution in [2.45, 2.75) is 39.2 Å². The lowest BCUT2D eigenvalue weighted by Gasteiger charge is -2.12. The Balaban J connectivity index is 3.52. The molecule has 0 aliphatic heterocycles. The first-order chi connectivity index (χ1) is 5.74. The first kappa shape index (κ1) is 12.1. The summed E-state index contributed by atoms with van der Waals surface area (Å²) in [7, 11) is 1.32. The molecule has 0 bridgehead atoms. The predicted octanol–water partition coefficient (Wildman–Crippen LogP) is 1.53. The molecule has 12 heavy (non-hydrogen) atoms. The van der Waals surface area contributed by atoms with Gasteiger partial charge in [-0.15, -0.1) is 0 Å². The van der Waals surface area contributed by atoms with E-state index in [9.17, 15) is 4.21 Å². The van der Waals surface area contributed by atoms with Crippen molar-refractivity contribution in [1.29, 1.82) is 0 Å². The Kier molecular flexibility index (Phi) is 7.81. The summed E-state index contributed by atoms with van der Waals surface area (Å²) in [5.41, 5.74) is 0. The fourth-order valence-corrected chi connectivity index (χ4v) is 2.65. The zero-order valence-electron chi connectivity index (χ0n) is 8.43. The Bertz CT molecular complexity index is 124. The van der Waals surface area contributed by atoms with Gasteiger partial charge in [-0.2, -0.15) is 0 Å². The minimum absolute atomic E-state index is 0.433. The third-order valence-corrected chi connectivity index (χ3v) is 3.53. The molecule has 2 nitrogen and oxygen atoms in total. The van der Waals surface area contributed by atoms with E-state index in [1.807, 2.05) is 7.05 Å². The Labute approximate surface area is 78.6 Å². The standard InChI is InChI=1S/C9H21NOS/c1-4-6-7-12(11)8-9(5-2)10-3/h9-10H,4-8H2,1-3H3. The maximum Gasteiger partial charge on any atom is 0.0388 e. The zero-order chi connectivity index (χ0) is 9.40. The molecule has 0 radical (unpaired) electrons. The highest BCUT2D eigenvalue weighted by Gasteiger charge is 2.07. The molecule has 0 saturated heterocycles. The number of nitrogens with one attached hydrogen (secondary N) is 1. The van der Waals surface area contributed by atoms with Gasteiger partial charge < -0.3 is 5.32 Å². The van der Waals surface area contributed by atoms with Crippen molar-refractivity contribution in [1.82, 2.24) is 5.32 Å². The lowest BCUT2D eigenvalue weighted by molar-refractivity contribution is 0.589. The summed E-state index contributed by atoms with van der Waals surface area (Å²) in [5.74, 6) is 1.68. The van der Waals surface area contributed by atoms with Crippen molar-refractivity contribution in [3.8, 4) is 0 Å². The molecule has 0 aromatic heterocycles. The summed E-state index contributed by atoms with van der Waals surface area (Å²) in [4.78, 5) is 0. The smallest absolute Gasteiger partial charge is 0.0388 e. The van der Waals surface area contributed by atoms with Crippen molar-refractivity contribution in [2.75, 3.05) is 18.6 Å². The molecule has 1 N–H and O–H groups in total. The van der Waals surface area contributed by atoms with Gasteiger partial charge in [-0.25, -0.2) is 0 Å². The van der Waals surface area contributed by atoms with Crippen LogP contribution in [0.3, 0.4) is 0 Å². The monoisotopic (exact) mass is 191 g/mol. The van der Waals surface area contributed by atoms with Crippen molar-refractivity contribution in [3.05, 3.63) is 0 Å². The SMILES string of the molecule is CCCCS(=O)CC(CC)NC. The molecule has 0 amide bonds. The summed E-state index contributed by atoms with van der Waals surface area (Å²) in [6.45, 7) is 4.25. The van der Waals surface area contributed by atoms with Crippen LogP contribution >= 0.6 is 0 Å². The Hall–Kier alpha value is 0.110. The van der Waals surface area contributed by atoms with Gasteiger partial charge in [0.1, 0.15) is 0 Å². The van der Waals surface area contributed by atoms with Crippen LogP contribution in [-0.2, 0) is 10.8 Å². The van der Waals surface area contributed by atoms with Gasteiger partial charge in [-0.1, -0.05) is 20.3 Å². The van der Waals surface area contributed by atoms with E-state index in [1.54, 1.807) is 0 Å². The van der Waals surface area contributed by atoms with E-state index >= 15 is 0 Å². The minimum Gasteiger partial charge on any atom is -0.316 e. The number of rotatable bonds is 7. The molecule has 0 spiro atoms. The average molecular weight is 191 g/mol. The molecule has 2 atom stereocenters. The Morgan fingerprint density at radius 2 is 2.08 bits per heavy atom. The minimum atomic E-state index is -0.612. The molecule has 74 valence electrons. The number of unbranched alkanes of at least 4 members (excludes halogenated alkanes) is 1. The molecule has 3 heteroatoms. The van der Waals surface area contributed by atoms with Crippen LogP contribution in [0.15, 0.2) is 0 Å². The normalized spacial score (nSPS) is 15.9. The molecule has 0 aromatic rings. The van der Waals surface area contributed by atoms with E-state index in [1.165, 1.54) is 0 Å². The maximum absolute atomic E-state index is 11.4. The molecular weight excluding hydrogens is 170 g/mol. The predicted molar refractivity (Wildman–Crippen MR) is 55.9 cm³/mol. The summed E-state index contributed by atoms with van der Waals surface area (Å²) in [6.07, 6.45) is 3.29. The molecule has 0 aliphatic rings. The quantitative estimate of drug-likeness (QED) is 0.661. The summed E-state index contributed by atoms with van der Waals surface area (Å²) in [6, 6.07) is 0.433. The average Bonchev–Trinajstić information content (AvgIpc) is 2.10. The van der Waals surface area contributed by atoms with Gasteiger partial charge in [0, 0.05) is 28.3 Å². The van der Waals surface area contributed by atoms with E-state index in [0.717, 1.165) is 30.8 Å². The van der Waals surface area contributed by atoms with Gasteiger partial charge in [0.25, 0.3) is 0 Å². The van der Waals surface area contributed by atoms with E-state index in [-0.39, 0.29) is 0 Å². The van der Waals surface area contributed by atoms with Gasteiger partial charge in [-0.3, -0.25) is 4.21 Å². The first-order valence-electron chi connectivity index (χ1n) is 4.76. The maximum atomic E-state index is 11.4. The fourth-order valence-electron chi connectivity index (χ4n) is 1.02. The van der Waals surface area contributed by atoms with E-state index in [4.69, 9.17) is 0 Å². The topological polar surface area (TPSA) is 29.1 Å². The lowest BCUT2D eigenvalue weighted by Crippen LogP contribution is -2.30. The molecular formula is C9H21NOS. The van der Waals surface area contributed by atoms with Gasteiger partial charge in [0.05, 0.1) is 0 Å². The van der Waals surface area contributed by atoms with Crippen LogP contribution in [0.5, 0.6) is 0 Å². The molecule has 0 heterocycles. The van der Waals surface area contributed by atoms with Crippen LogP contribution < -0.4 is 5.32 Å². The van der Waals surface area contributed by atoms with E-state index in [0.29, 0.717) is 6.04 Å². The first-order valence-corrected chi connectivity index (χ1v) is 6.25. The Morgan fingerprint density at radius 1 is 1.42 bits per heavy atom. The molecule has 2 unspecified atom stereocenters. The second-order valence-electron chi connectivity index (χ2n) is 3.06. The van der Waals surface area contributed by atoms with Gasteiger partial charge in [0.2, 0.25) is 0 Å². The van der Waals surface area contributed by atoms with Crippen LogP contribution in [0.2, 0.25) is 0 Å². The van der Waals surface area contributed by atoms with Crippen molar-refractivity contribution in [3.63, 3.8) is 0 Å². The summed E-state index contributed by atoms with van der Waals surface area (Å²) < 4.78 is 11.4. The van der Waals surface area contributed by atoms with Crippen molar-refractivity contribution in [2.24, 2.45) is 0 Å². The summed E-state index contributed by atoms with van der Waals surface area (Å²) in [5, 5.41) is 3.17. The Morgan fingerprint density at radius 3 is 2.50 bits per heavy atom. The second kappa shape index (κ2) is 7.74. The van der Waals surface area contributed by atoms with Gasteiger partial charge in [0.15, 0.2) is 0 Å². The molecule has 0 rings (SSSR count). The third-order valence-electron chi connectivity index (χ3n) is 2.01. The fraction of sp³-hybridized carbons (Fsp3) is 1.00. The summed E-state index contributed by atoms with van der Waals surface area (Å²) >= 11 is 0. The molecule has 0 aromatic carbocycles. The van der Waals surface area contributed by atoms with Crippen LogP contribution in [0.25, 0.3) is 0 Å². The highest BCUT2D eigenvalue weighted by Crippen LogP contribution is 1.97. The highest BCUT2D eigenvalue weighted by molar-refractivity contribution is 7.85. The van der Waals surface area contributed by atoms with Crippen LogP contribution in [-0.4, -0.2) is 28.8 Å². The molecule has 0 saturated carbocycles.